The van der Waals surface area contributed by atoms with Gasteiger partial charge in [-0.2, -0.15) is 8.42 Å². The molecule has 0 spiro atoms. The van der Waals surface area contributed by atoms with Crippen LogP contribution in [0.2, 0.25) is 0 Å². The van der Waals surface area contributed by atoms with Gasteiger partial charge >= 0.3 is 28.2 Å². The van der Waals surface area contributed by atoms with Gasteiger partial charge < -0.3 is 29.0 Å². The number of nitrogens with zero attached hydrogens (tertiary/aromatic N) is 2. The lowest BCUT2D eigenvalue weighted by Crippen LogP contribution is -2.47. The molecule has 4 aliphatic carbocycles. The number of pyridine rings is 1. The molecule has 0 bridgehead atoms. The third-order valence-corrected chi connectivity index (χ3v) is 15.7. The number of aromatic nitrogens is 1. The second-order valence-electron chi connectivity index (χ2n) is 22.7. The van der Waals surface area contributed by atoms with Gasteiger partial charge in [0, 0.05) is 24.4 Å². The number of methoxy groups -OCH3 is 1. The molecule has 2 aromatic rings. The van der Waals surface area contributed by atoms with E-state index >= 15 is 0 Å². The zero-order valence-corrected chi connectivity index (χ0v) is 44.3. The lowest BCUT2D eigenvalue weighted by atomic mass is 9.86. The van der Waals surface area contributed by atoms with Gasteiger partial charge in [-0.25, -0.2) is 13.9 Å². The Bertz CT molecular complexity index is 2430. The highest BCUT2D eigenvalue weighted by Crippen LogP contribution is 2.57. The minimum absolute atomic E-state index is 0.00271. The lowest BCUT2D eigenvalue weighted by molar-refractivity contribution is -0.161. The van der Waals surface area contributed by atoms with E-state index in [1.165, 1.54) is 4.90 Å². The number of ether oxygens (including phenoxy) is 4. The summed E-state index contributed by atoms with van der Waals surface area (Å²) in [6.45, 7) is 16.5. The number of esters is 2. The number of fused-ring (bicyclic) bond motifs is 1. The van der Waals surface area contributed by atoms with Crippen molar-refractivity contribution in [1.29, 1.82) is 0 Å². The van der Waals surface area contributed by atoms with Crippen LogP contribution in [0.3, 0.4) is 0 Å². The van der Waals surface area contributed by atoms with Gasteiger partial charge in [0.15, 0.2) is 5.78 Å². The fourth-order valence-corrected chi connectivity index (χ4v) is 12.1. The minimum atomic E-state index is -4.45. The Hall–Kier alpha value is -5.10. The zero-order valence-electron chi connectivity index (χ0n) is 43.5. The molecule has 5 aliphatic rings. The highest BCUT2D eigenvalue weighted by molar-refractivity contribution is 7.85. The van der Waals surface area contributed by atoms with Gasteiger partial charge in [0.25, 0.3) is 0 Å². The van der Waals surface area contributed by atoms with Crippen molar-refractivity contribution in [3.8, 4) is 11.6 Å². The number of carboxylic acid groups (broad SMARTS) is 1. The number of carbonyl (C=O) groups is 6. The van der Waals surface area contributed by atoms with Gasteiger partial charge in [-0.05, 0) is 140 Å². The van der Waals surface area contributed by atoms with Crippen LogP contribution in [0.4, 0.5) is 0 Å². The highest BCUT2D eigenvalue weighted by Gasteiger charge is 2.62. The van der Waals surface area contributed by atoms with E-state index in [9.17, 15) is 42.3 Å². The number of allylic oxidation sites excluding steroid dienone is 1. The molecule has 7 rings (SSSR count). The first-order chi connectivity index (χ1) is 33.8. The number of ketones is 1. The molecule has 1 aromatic carbocycles. The Kier molecular flexibility index (Phi) is 17.9. The van der Waals surface area contributed by atoms with Crippen molar-refractivity contribution in [1.82, 2.24) is 14.6 Å². The van der Waals surface area contributed by atoms with Gasteiger partial charge in [-0.1, -0.05) is 45.1 Å². The third-order valence-electron chi connectivity index (χ3n) is 14.7. The molecule has 2 N–H and O–H groups in total. The number of aliphatic carboxylic acids is 1. The summed E-state index contributed by atoms with van der Waals surface area (Å²) in [5, 5.41) is 10.7. The number of nitrogens with one attached hydrogen (secondary N) is 1. The maximum absolute atomic E-state index is 14.7. The van der Waals surface area contributed by atoms with Gasteiger partial charge in [0.2, 0.25) is 17.7 Å². The van der Waals surface area contributed by atoms with Crippen molar-refractivity contribution in [2.75, 3.05) is 13.7 Å². The molecule has 0 unspecified atom stereocenters. The van der Waals surface area contributed by atoms with E-state index in [-0.39, 0.29) is 56.4 Å². The van der Waals surface area contributed by atoms with Crippen LogP contribution < -0.4 is 14.2 Å². The second kappa shape index (κ2) is 23.0. The molecule has 1 aliphatic heterocycles. The van der Waals surface area contributed by atoms with Crippen molar-refractivity contribution in [2.45, 2.75) is 187 Å². The number of likely N-dealkylation sites (tertiary alicyclic amines) is 1. The van der Waals surface area contributed by atoms with E-state index < -0.39 is 92.0 Å². The summed E-state index contributed by atoms with van der Waals surface area (Å²) in [7, 11) is -2.87. The molecule has 18 heteroatoms. The molecule has 1 aromatic heterocycles. The largest absolute Gasteiger partial charge is 0.497 e. The van der Waals surface area contributed by atoms with Gasteiger partial charge in [-0.3, -0.25) is 28.8 Å². The first-order valence-electron chi connectivity index (χ1n) is 25.8. The van der Waals surface area contributed by atoms with Crippen LogP contribution in [-0.4, -0.2) is 102 Å². The number of Topliss-reactive ketones (excluding diaryl/α,β-unsaturated/α-hetero) is 1. The van der Waals surface area contributed by atoms with E-state index in [0.717, 1.165) is 68.6 Å². The highest BCUT2D eigenvalue weighted by atomic mass is 32.2. The van der Waals surface area contributed by atoms with Gasteiger partial charge in [0.05, 0.1) is 55.4 Å². The van der Waals surface area contributed by atoms with E-state index in [1.807, 2.05) is 25.1 Å². The third kappa shape index (κ3) is 14.8. The Balaban J connectivity index is 0.000000422. The van der Waals surface area contributed by atoms with Crippen LogP contribution in [0, 0.1) is 35.0 Å². The summed E-state index contributed by atoms with van der Waals surface area (Å²) >= 11 is 0. The van der Waals surface area contributed by atoms with E-state index in [2.05, 4.69) is 16.3 Å². The van der Waals surface area contributed by atoms with Crippen molar-refractivity contribution >= 4 is 56.6 Å². The van der Waals surface area contributed by atoms with Crippen LogP contribution in [0.15, 0.2) is 43.1 Å². The van der Waals surface area contributed by atoms with Crippen LogP contribution in [0.1, 0.15) is 158 Å². The second-order valence-corrected chi connectivity index (χ2v) is 23.9. The number of rotatable bonds is 21. The van der Waals surface area contributed by atoms with Crippen molar-refractivity contribution in [3.63, 3.8) is 0 Å². The Labute approximate surface area is 425 Å². The molecular weight excluding hydrogens is 947 g/mol. The summed E-state index contributed by atoms with van der Waals surface area (Å²) in [5.41, 5.74) is -3.46. The van der Waals surface area contributed by atoms with Crippen LogP contribution in [-0.2, 0) is 52.7 Å². The summed E-state index contributed by atoms with van der Waals surface area (Å²) in [6, 6.07) is 6.33. The van der Waals surface area contributed by atoms with Crippen LogP contribution in [0.5, 0.6) is 11.6 Å². The summed E-state index contributed by atoms with van der Waals surface area (Å²) in [4.78, 5) is 85.1. The molecule has 4 saturated carbocycles. The van der Waals surface area contributed by atoms with Crippen molar-refractivity contribution in [3.05, 3.63) is 43.1 Å². The molecule has 0 radical (unpaired) electrons. The average Bonchev–Trinajstić information content (AvgIpc) is 3.83. The van der Waals surface area contributed by atoms with E-state index in [4.69, 9.17) is 23.1 Å². The number of benzene rings is 1. The zero-order chi connectivity index (χ0) is 52.8. The Morgan fingerprint density at radius 2 is 1.49 bits per heavy atom. The standard InChI is InChI=1S/C41H55N3O10S.C13H22O4/c1-7-16-40(17-18-40)54-55(49,50)43-38(48)41(23-28(41)8-2)24-34(45)33-21-30(52-36-31-14-13-29(51-6)20-27(31)15-19-42-36)25-44(33)37(47)32(26-11-9-10-12-26)22-35(46)53-39(3,4)5;1-13(2,3)17-11(14)8-10(12(15)16)9-6-4-5-7-9/h8,13-15,19-20,26,28,30,32-33H,2,7,9-12,16-18,21-25H2,1,3-6H3,(H,43,48);9-10H,4-8H2,1-3H3,(H,15,16)/t28-,30-,32+,33+,41-;10-/m10/s1. The predicted octanol–water partition coefficient (Wildman–Crippen LogP) is 8.60. The summed E-state index contributed by atoms with van der Waals surface area (Å²) < 4.78 is 56.4. The maximum Gasteiger partial charge on any atom is 0.362 e. The number of hydrogen-bond donors (Lipinski definition) is 2. The fraction of sp³-hybridized carbons (Fsp3) is 0.685. The van der Waals surface area contributed by atoms with Crippen LogP contribution >= 0.6 is 0 Å². The number of hydrogen-bond acceptors (Lipinski definition) is 14. The normalized spacial score (nSPS) is 23.8. The van der Waals surface area contributed by atoms with Crippen molar-refractivity contribution < 1.29 is 65.4 Å². The number of carbonyl (C=O) groups excluding carboxylic acids is 5. The number of carboxylic acids is 1. The topological polar surface area (TPSA) is 231 Å². The SMILES string of the molecule is C=C[C@@H]1C[C@]1(CC(=O)[C@@H]1C[C@@H](Oc2nccc3cc(OC)ccc23)CN1C(=O)[C@@H](CC(=O)OC(C)(C)C)C1CCCC1)C(=O)NS(=O)(=O)OC1(CCC)CC1.CC(C)(C)OC(=O)C[C@H](C(=O)O)C1CCCC1. The van der Waals surface area contributed by atoms with Crippen molar-refractivity contribution in [2.24, 2.45) is 35.0 Å². The monoisotopic (exact) mass is 1020 g/mol. The molecule has 398 valence electrons. The smallest absolute Gasteiger partial charge is 0.362 e. The molecule has 6 atom stereocenters. The molecule has 1 saturated heterocycles. The Morgan fingerprint density at radius 3 is 2.00 bits per heavy atom. The first-order valence-corrected chi connectivity index (χ1v) is 27.2. The number of amides is 2. The molecule has 17 nitrogen and oxygen atoms in total. The quantitative estimate of drug-likeness (QED) is 0.0881. The minimum Gasteiger partial charge on any atom is -0.497 e. The molecule has 5 fully saturated rings. The maximum atomic E-state index is 14.7. The molecular formula is C54H77N3O14S. The predicted molar refractivity (Wildman–Crippen MR) is 268 cm³/mol. The van der Waals surface area contributed by atoms with E-state index in [1.54, 1.807) is 67.0 Å². The van der Waals surface area contributed by atoms with Gasteiger partial charge in [-0.15, -0.1) is 6.58 Å². The fourth-order valence-electron chi connectivity index (χ4n) is 11.0. The van der Waals surface area contributed by atoms with Crippen LogP contribution in [0.25, 0.3) is 10.8 Å². The van der Waals surface area contributed by atoms with Gasteiger partial charge in [0.1, 0.15) is 23.1 Å². The van der Waals surface area contributed by atoms with E-state index in [0.29, 0.717) is 30.9 Å². The molecule has 2 heterocycles. The Morgan fingerprint density at radius 1 is 0.903 bits per heavy atom. The first kappa shape index (κ1) is 56.2. The summed E-state index contributed by atoms with van der Waals surface area (Å²) in [6.07, 6.45) is 12.2. The molecule has 2 amide bonds. The lowest BCUT2D eigenvalue weighted by Gasteiger charge is -2.31. The summed E-state index contributed by atoms with van der Waals surface area (Å²) in [5.74, 6) is -4.01. The molecule has 72 heavy (non-hydrogen) atoms. The average molecular weight is 1020 g/mol.